The maximum absolute atomic E-state index is 11.1. The average molecular weight is 594 g/mol. The molecular formula is C37H43N3O4. The fourth-order valence-electron chi connectivity index (χ4n) is 3.02. The van der Waals surface area contributed by atoms with Gasteiger partial charge in [-0.2, -0.15) is 0 Å². The summed E-state index contributed by atoms with van der Waals surface area (Å²) in [4.78, 5) is 21.0. The van der Waals surface area contributed by atoms with Crippen LogP contribution in [0, 0.1) is 26.4 Å². The summed E-state index contributed by atoms with van der Waals surface area (Å²) in [7, 11) is 0. The van der Waals surface area contributed by atoms with Crippen LogP contribution in [0.2, 0.25) is 0 Å². The van der Waals surface area contributed by atoms with Crippen LogP contribution in [0.1, 0.15) is 64.2 Å². The van der Waals surface area contributed by atoms with E-state index in [-0.39, 0.29) is 20.0 Å². The molecule has 230 valence electrons. The third-order valence-corrected chi connectivity index (χ3v) is 5.51. The van der Waals surface area contributed by atoms with Crippen LogP contribution < -0.4 is 0 Å². The number of rotatable bonds is 7. The number of allylic oxidation sites excluding steroid dienone is 1. The number of aryl methyl sites for hydroxylation is 1. The second kappa shape index (κ2) is 27.9. The van der Waals surface area contributed by atoms with Crippen molar-refractivity contribution in [1.82, 2.24) is 0 Å². The Balaban J connectivity index is -0.000000534. The molecule has 0 aliphatic rings. The summed E-state index contributed by atoms with van der Waals surface area (Å²) in [5, 5.41) is 7.57. The van der Waals surface area contributed by atoms with E-state index in [0.29, 0.717) is 42.4 Å². The molecule has 0 aliphatic carbocycles. The van der Waals surface area contributed by atoms with E-state index in [2.05, 4.69) is 41.3 Å². The fraction of sp³-hybridized carbons (Fsp3) is 0.270. The monoisotopic (exact) mass is 593 g/mol. The van der Waals surface area contributed by atoms with Gasteiger partial charge in [-0.25, -0.2) is 14.5 Å². The Kier molecular flexibility index (Phi) is 27.4. The Labute approximate surface area is 264 Å². The minimum atomic E-state index is -0.174. The van der Waals surface area contributed by atoms with E-state index in [9.17, 15) is 4.79 Å². The molecule has 1 unspecified atom stereocenters. The molecule has 0 spiro atoms. The van der Waals surface area contributed by atoms with Crippen molar-refractivity contribution < 1.29 is 19.3 Å². The number of nitrogens with zero attached hydrogens (tertiary/aromatic N) is 3. The van der Waals surface area contributed by atoms with Crippen LogP contribution in [0.15, 0.2) is 91.5 Å². The molecule has 7 nitrogen and oxygen atoms in total. The van der Waals surface area contributed by atoms with E-state index in [1.165, 1.54) is 5.56 Å². The van der Waals surface area contributed by atoms with E-state index in [1.54, 1.807) is 44.2 Å². The predicted molar refractivity (Wildman–Crippen MR) is 180 cm³/mol. The van der Waals surface area contributed by atoms with Gasteiger partial charge in [0.2, 0.25) is 0 Å². The Hall–Kier alpha value is -5.22. The van der Waals surface area contributed by atoms with Crippen molar-refractivity contribution in [2.75, 3.05) is 13.2 Å². The summed E-state index contributed by atoms with van der Waals surface area (Å²) in [5.41, 5.74) is 6.46. The van der Waals surface area contributed by atoms with Gasteiger partial charge in [0.05, 0.1) is 26.3 Å². The summed E-state index contributed by atoms with van der Waals surface area (Å²) < 4.78 is 12.3. The molecule has 44 heavy (non-hydrogen) atoms. The van der Waals surface area contributed by atoms with Gasteiger partial charge >= 0.3 is 17.3 Å². The first kappa shape index (κ1) is 43.2. The van der Waals surface area contributed by atoms with Gasteiger partial charge in [0.25, 0.3) is 0 Å². The van der Waals surface area contributed by atoms with Crippen molar-refractivity contribution >= 4 is 29.1 Å². The summed E-state index contributed by atoms with van der Waals surface area (Å²) in [6.45, 7) is 40.6. The first-order valence-corrected chi connectivity index (χ1v) is 13.3. The van der Waals surface area contributed by atoms with Gasteiger partial charge in [0, 0.05) is 18.9 Å². The number of ether oxygens (including phenoxy) is 1. The molecule has 3 rings (SSSR count). The van der Waals surface area contributed by atoms with Gasteiger partial charge in [-0.05, 0) is 43.9 Å². The number of aliphatic hydroxyl groups is 1. The molecule has 3 aromatic rings. The number of hydrogen-bond acceptors (Lipinski definition) is 3. The molecule has 1 atom stereocenters. The number of carbonyl (C=O) groups is 1. The first-order chi connectivity index (χ1) is 20.7. The molecule has 0 bridgehead atoms. The molecule has 3 aromatic carbocycles. The third-order valence-electron chi connectivity index (χ3n) is 5.51. The molecule has 0 saturated carbocycles. The van der Waals surface area contributed by atoms with E-state index in [1.807, 2.05) is 55.5 Å². The van der Waals surface area contributed by atoms with Gasteiger partial charge in [0.15, 0.2) is 17.1 Å². The second-order valence-corrected chi connectivity index (χ2v) is 8.58. The van der Waals surface area contributed by atoms with Crippen molar-refractivity contribution in [3.63, 3.8) is 0 Å². The van der Waals surface area contributed by atoms with Gasteiger partial charge in [-0.3, -0.25) is 4.79 Å². The minimum absolute atomic E-state index is 0. The first-order valence-electron chi connectivity index (χ1n) is 13.3. The summed E-state index contributed by atoms with van der Waals surface area (Å²) in [5.74, 6) is 0.200. The molecule has 0 fully saturated rings. The van der Waals surface area contributed by atoms with Crippen LogP contribution in [0.25, 0.3) is 20.6 Å². The van der Waals surface area contributed by atoms with Crippen molar-refractivity contribution in [2.45, 2.75) is 53.9 Å². The van der Waals surface area contributed by atoms with E-state index >= 15 is 0 Å². The summed E-state index contributed by atoms with van der Waals surface area (Å²) in [6.07, 6.45) is 2.82. The second-order valence-electron chi connectivity index (χ2n) is 8.58. The molecule has 0 aliphatic heterocycles. The van der Waals surface area contributed by atoms with Gasteiger partial charge < -0.3 is 9.84 Å². The zero-order chi connectivity index (χ0) is 33.0. The molecule has 0 heterocycles. The Morgan fingerprint density at radius 2 is 1.27 bits per heavy atom. The average Bonchev–Trinajstić information content (AvgIpc) is 3.05. The molecular weight excluding hydrogens is 550 g/mol. The van der Waals surface area contributed by atoms with Crippen LogP contribution in [-0.4, -0.2) is 24.3 Å². The summed E-state index contributed by atoms with van der Waals surface area (Å²) in [6, 6.07) is 22.2. The van der Waals surface area contributed by atoms with Crippen molar-refractivity contribution in [3.8, 4) is 0 Å². The van der Waals surface area contributed by atoms with Gasteiger partial charge in [0.1, 0.15) is 0 Å². The quantitative estimate of drug-likeness (QED) is 0.128. The van der Waals surface area contributed by atoms with E-state index in [4.69, 9.17) is 34.2 Å². The standard InChI is InChI=1S/C12H13NO2.C12H13N.C9H7N.C2H6O.CO.CH4/c1-3-15-12(14)9-6-10-4-7-11(13-2)8-5-10;1-9(2)10(3)11-5-7-12(13-4)8-6-11;1-3-8-4-6-9(10-2)7-5-8;1-2-3;1-2;/h4-5,7-8H,3,6,9H2,1H3;5-8,10H,1H2,2-3H3;3-7H,1H2;3H,2H2,1H3;;1H4. The van der Waals surface area contributed by atoms with Gasteiger partial charge in [-0.15, -0.1) is 0 Å². The molecule has 0 radical (unpaired) electrons. The van der Waals surface area contributed by atoms with E-state index < -0.39 is 0 Å². The van der Waals surface area contributed by atoms with Crippen LogP contribution >= 0.6 is 0 Å². The van der Waals surface area contributed by atoms with Crippen molar-refractivity contribution in [1.29, 1.82) is 0 Å². The van der Waals surface area contributed by atoms with E-state index in [0.717, 1.165) is 16.7 Å². The maximum atomic E-state index is 11.1. The number of esters is 1. The predicted octanol–water partition coefficient (Wildman–Crippen LogP) is 10.1. The number of benzene rings is 3. The Morgan fingerprint density at radius 1 is 0.886 bits per heavy atom. The Morgan fingerprint density at radius 3 is 1.61 bits per heavy atom. The topological polar surface area (TPSA) is 79.5 Å². The number of aliphatic hydroxyl groups excluding tert-OH is 1. The SMILES string of the molecule is C.CCO.[C-]#[N+]c1ccc(C(C)C(=C)C)cc1.[C-]#[N+]c1ccc(C=C)cc1.[C-]#[N+]c1ccc(CCC(=O)OCC)cc1.[C-]#[O+]. The molecule has 0 saturated heterocycles. The Bertz CT molecular complexity index is 1370. The zero-order valence-electron chi connectivity index (χ0n) is 25.3. The molecule has 0 aromatic heterocycles. The number of carbonyl (C=O) groups excluding carboxylic acids is 1. The number of hydrogen-bond donors (Lipinski definition) is 1. The normalized spacial score (nSPS) is 9.00. The van der Waals surface area contributed by atoms with Crippen LogP contribution in [0.5, 0.6) is 0 Å². The fourth-order valence-corrected chi connectivity index (χ4v) is 3.02. The molecule has 1 N–H and O–H groups in total. The van der Waals surface area contributed by atoms with Gasteiger partial charge in [-0.1, -0.05) is 112 Å². The van der Waals surface area contributed by atoms with Crippen LogP contribution in [0.4, 0.5) is 17.1 Å². The molecule has 7 heteroatoms. The summed E-state index contributed by atoms with van der Waals surface area (Å²) >= 11 is 0. The van der Waals surface area contributed by atoms with Crippen LogP contribution in [-0.2, 0) is 20.6 Å². The third kappa shape index (κ3) is 19.8. The van der Waals surface area contributed by atoms with Crippen molar-refractivity contribution in [2.24, 2.45) is 0 Å². The molecule has 0 amide bonds. The van der Waals surface area contributed by atoms with Crippen LogP contribution in [0.3, 0.4) is 0 Å². The zero-order valence-corrected chi connectivity index (χ0v) is 25.3. The van der Waals surface area contributed by atoms with Crippen molar-refractivity contribution in [3.05, 3.63) is 149 Å².